The van der Waals surface area contributed by atoms with Crippen molar-refractivity contribution in [1.29, 1.82) is 0 Å². The number of aliphatic hydroxyl groups is 1. The number of β-amino-alcohol motifs (C(OH)–C–C–N with tert-alkyl or cyclic N) is 1. The Hall–Kier alpha value is -3.20. The van der Waals surface area contributed by atoms with Gasteiger partial charge in [-0.1, -0.05) is 59.6 Å². The van der Waals surface area contributed by atoms with E-state index in [1.807, 2.05) is 45.0 Å². The Bertz CT molecular complexity index is 1230. The van der Waals surface area contributed by atoms with E-state index in [0.29, 0.717) is 18.4 Å². The molecule has 2 rings (SSSR count). The Kier molecular flexibility index (Phi) is 13.4. The molecule has 45 heavy (non-hydrogen) atoms. The van der Waals surface area contributed by atoms with Crippen molar-refractivity contribution in [2.24, 2.45) is 5.41 Å². The number of hydrogen-bond donors (Lipinski definition) is 3. The summed E-state index contributed by atoms with van der Waals surface area (Å²) in [7, 11) is -0.849. The fraction of sp³-hybridized carbons (Fsp3) is 0.647. The van der Waals surface area contributed by atoms with E-state index >= 15 is 0 Å². The van der Waals surface area contributed by atoms with Gasteiger partial charge in [-0.2, -0.15) is 0 Å². The molecule has 1 aliphatic rings. The largest absolute Gasteiger partial charge is 0.469 e. The van der Waals surface area contributed by atoms with Crippen molar-refractivity contribution < 1.29 is 33.4 Å². The number of ether oxygens (including phenoxy) is 1. The molecule has 0 saturated carbocycles. The standard InChI is InChI=1S/C34H53N3O7Si/c1-11-23-16-18-24(19-17-23)26(22-44-45(9,10)34(5,6)7)35-31(41)27-20-25(38)21-37(27)32(42)30(33(2,3)4)36-28(39)14-12-13-15-29(40)43-8/h1,16-19,25-27,30,38H,12-15,20-22H2,2-10H3,(H,35,41)(H,36,39)/t25-,26+,27+,30-/m1/s1. The smallest absolute Gasteiger partial charge is 0.305 e. The second kappa shape index (κ2) is 15.9. The molecule has 250 valence electrons. The number of nitrogens with one attached hydrogen (secondary N) is 2. The number of terminal acetylenes is 1. The molecule has 0 radical (unpaired) electrons. The third-order valence-corrected chi connectivity index (χ3v) is 13.3. The number of unbranched alkanes of at least 4 members (excludes halogenated alkanes) is 1. The molecule has 1 aromatic carbocycles. The molecule has 0 unspecified atom stereocenters. The predicted octanol–water partition coefficient (Wildman–Crippen LogP) is 4.07. The van der Waals surface area contributed by atoms with Crippen LogP contribution in [0, 0.1) is 17.8 Å². The van der Waals surface area contributed by atoms with Crippen LogP contribution in [0.25, 0.3) is 0 Å². The van der Waals surface area contributed by atoms with Gasteiger partial charge >= 0.3 is 5.97 Å². The second-order valence-corrected chi connectivity index (χ2v) is 19.3. The number of likely N-dealkylation sites (tertiary alicyclic amines) is 1. The third-order valence-electron chi connectivity index (χ3n) is 8.76. The van der Waals surface area contributed by atoms with Crippen LogP contribution >= 0.6 is 0 Å². The van der Waals surface area contributed by atoms with Gasteiger partial charge in [-0.25, -0.2) is 0 Å². The van der Waals surface area contributed by atoms with Gasteiger partial charge in [-0.3, -0.25) is 19.2 Å². The minimum absolute atomic E-state index is 0.0273. The van der Waals surface area contributed by atoms with E-state index in [-0.39, 0.29) is 49.3 Å². The summed E-state index contributed by atoms with van der Waals surface area (Å²) in [6.07, 6.45) is 6.02. The van der Waals surface area contributed by atoms with Crippen molar-refractivity contribution in [3.63, 3.8) is 0 Å². The van der Waals surface area contributed by atoms with Crippen LogP contribution in [0.4, 0.5) is 0 Å². The first-order valence-electron chi connectivity index (χ1n) is 15.7. The first-order valence-corrected chi connectivity index (χ1v) is 18.6. The Morgan fingerprint density at radius 3 is 2.18 bits per heavy atom. The van der Waals surface area contributed by atoms with Crippen molar-refractivity contribution in [3.8, 4) is 12.3 Å². The lowest BCUT2D eigenvalue weighted by Crippen LogP contribution is -2.58. The molecule has 11 heteroatoms. The number of methoxy groups -OCH3 is 1. The normalized spacial score (nSPS) is 18.5. The van der Waals surface area contributed by atoms with E-state index in [1.54, 1.807) is 0 Å². The highest BCUT2D eigenvalue weighted by Crippen LogP contribution is 2.37. The van der Waals surface area contributed by atoms with Gasteiger partial charge < -0.3 is 29.8 Å². The summed E-state index contributed by atoms with van der Waals surface area (Å²) in [5, 5.41) is 16.5. The van der Waals surface area contributed by atoms with E-state index in [9.17, 15) is 24.3 Å². The summed E-state index contributed by atoms with van der Waals surface area (Å²) in [6.45, 7) is 16.4. The van der Waals surface area contributed by atoms with Crippen LogP contribution in [0.1, 0.15) is 90.8 Å². The summed E-state index contributed by atoms with van der Waals surface area (Å²) in [6, 6.07) is 4.95. The number of esters is 1. The first-order chi connectivity index (χ1) is 20.8. The van der Waals surface area contributed by atoms with Gasteiger partial charge in [-0.05, 0) is 54.1 Å². The van der Waals surface area contributed by atoms with Crippen LogP contribution in [0.5, 0.6) is 0 Å². The monoisotopic (exact) mass is 643 g/mol. The summed E-state index contributed by atoms with van der Waals surface area (Å²) in [5.41, 5.74) is 0.846. The number of rotatable bonds is 13. The predicted molar refractivity (Wildman–Crippen MR) is 176 cm³/mol. The maximum Gasteiger partial charge on any atom is 0.305 e. The highest BCUT2D eigenvalue weighted by atomic mass is 28.4. The average Bonchev–Trinajstić information content (AvgIpc) is 3.36. The zero-order valence-corrected chi connectivity index (χ0v) is 29.5. The van der Waals surface area contributed by atoms with E-state index in [1.165, 1.54) is 12.0 Å². The van der Waals surface area contributed by atoms with Crippen molar-refractivity contribution in [3.05, 3.63) is 35.4 Å². The van der Waals surface area contributed by atoms with Gasteiger partial charge in [0.1, 0.15) is 12.1 Å². The Morgan fingerprint density at radius 1 is 1.04 bits per heavy atom. The molecule has 3 N–H and O–H groups in total. The molecule has 1 saturated heterocycles. The summed E-state index contributed by atoms with van der Waals surface area (Å²) in [4.78, 5) is 53.4. The van der Waals surface area contributed by atoms with Crippen LogP contribution in [0.3, 0.4) is 0 Å². The molecular weight excluding hydrogens is 590 g/mol. The summed E-state index contributed by atoms with van der Waals surface area (Å²) < 4.78 is 11.1. The maximum absolute atomic E-state index is 14.0. The summed E-state index contributed by atoms with van der Waals surface area (Å²) in [5.74, 6) is 1.09. The quantitative estimate of drug-likeness (QED) is 0.128. The van der Waals surface area contributed by atoms with Crippen molar-refractivity contribution in [2.45, 2.75) is 116 Å². The summed E-state index contributed by atoms with van der Waals surface area (Å²) >= 11 is 0. The lowest BCUT2D eigenvalue weighted by Gasteiger charge is -2.38. The van der Waals surface area contributed by atoms with Crippen molar-refractivity contribution >= 4 is 32.0 Å². The number of carbonyl (C=O) groups is 4. The molecule has 10 nitrogen and oxygen atoms in total. The van der Waals surface area contributed by atoms with Crippen LogP contribution in [0.2, 0.25) is 18.1 Å². The fourth-order valence-corrected chi connectivity index (χ4v) is 5.84. The number of carbonyl (C=O) groups excluding carboxylic acids is 4. The van der Waals surface area contributed by atoms with Crippen molar-refractivity contribution in [2.75, 3.05) is 20.3 Å². The molecule has 1 aromatic rings. The number of amides is 3. The van der Waals surface area contributed by atoms with Crippen LogP contribution in [0.15, 0.2) is 24.3 Å². The van der Waals surface area contributed by atoms with Gasteiger partial charge in [0.15, 0.2) is 8.32 Å². The molecular formula is C34H53N3O7Si. The molecule has 0 bridgehead atoms. The van der Waals surface area contributed by atoms with E-state index in [4.69, 9.17) is 10.8 Å². The molecule has 1 fully saturated rings. The number of nitrogens with zero attached hydrogens (tertiary/aromatic N) is 1. The highest BCUT2D eigenvalue weighted by molar-refractivity contribution is 6.74. The van der Waals surface area contributed by atoms with Gasteiger partial charge in [0.05, 0.1) is 25.9 Å². The maximum atomic E-state index is 14.0. The SMILES string of the molecule is C#Cc1ccc([C@H](CO[Si](C)(C)C(C)(C)C)NC(=O)[C@@H]2C[C@@H](O)CN2C(=O)[C@@H](NC(=O)CCCCC(=O)OC)C(C)(C)C)cc1. The van der Waals surface area contributed by atoms with Gasteiger partial charge in [0.25, 0.3) is 0 Å². The first kappa shape index (κ1) is 38.0. The zero-order chi connectivity index (χ0) is 34.2. The molecule has 0 aromatic heterocycles. The van der Waals surface area contributed by atoms with Crippen molar-refractivity contribution in [1.82, 2.24) is 15.5 Å². The van der Waals surface area contributed by atoms with E-state index in [2.05, 4.69) is 55.2 Å². The highest BCUT2D eigenvalue weighted by Gasteiger charge is 2.45. The lowest BCUT2D eigenvalue weighted by atomic mass is 9.85. The third kappa shape index (κ3) is 11.0. The molecule has 0 aliphatic carbocycles. The Labute approximate surface area is 270 Å². The topological polar surface area (TPSA) is 134 Å². The molecule has 1 heterocycles. The fourth-order valence-electron chi connectivity index (χ4n) is 4.82. The average molecular weight is 644 g/mol. The molecule has 3 amide bonds. The Balaban J connectivity index is 2.25. The number of hydrogen-bond acceptors (Lipinski definition) is 7. The van der Waals surface area contributed by atoms with Crippen LogP contribution in [-0.2, 0) is 28.3 Å². The molecule has 1 aliphatic heterocycles. The number of benzene rings is 1. The van der Waals surface area contributed by atoms with Crippen LogP contribution in [-0.4, -0.2) is 80.5 Å². The second-order valence-electron chi connectivity index (χ2n) is 14.4. The van der Waals surface area contributed by atoms with Gasteiger partial charge in [0, 0.05) is 31.4 Å². The number of aliphatic hydroxyl groups excluding tert-OH is 1. The minimum atomic E-state index is -2.17. The zero-order valence-electron chi connectivity index (χ0n) is 28.5. The van der Waals surface area contributed by atoms with Crippen LogP contribution < -0.4 is 10.6 Å². The molecule has 4 atom stereocenters. The van der Waals surface area contributed by atoms with E-state index < -0.39 is 49.8 Å². The Morgan fingerprint density at radius 2 is 1.64 bits per heavy atom. The van der Waals surface area contributed by atoms with Gasteiger partial charge in [0.2, 0.25) is 17.7 Å². The van der Waals surface area contributed by atoms with E-state index in [0.717, 1.165) is 5.56 Å². The minimum Gasteiger partial charge on any atom is -0.469 e. The molecule has 0 spiro atoms. The lowest BCUT2D eigenvalue weighted by molar-refractivity contribution is -0.144. The van der Waals surface area contributed by atoms with Gasteiger partial charge in [-0.15, -0.1) is 6.42 Å².